The molecule has 0 aromatic carbocycles. The van der Waals surface area contributed by atoms with E-state index in [1.807, 2.05) is 13.8 Å². The van der Waals surface area contributed by atoms with E-state index in [4.69, 9.17) is 5.73 Å². The fourth-order valence-corrected chi connectivity index (χ4v) is 2.17. The summed E-state index contributed by atoms with van der Waals surface area (Å²) < 4.78 is 0. The van der Waals surface area contributed by atoms with Crippen molar-refractivity contribution >= 4 is 5.91 Å². The SMILES string of the molecule is CC(C)C(N)CC(=O)NCC1(O)CCCCC1. The van der Waals surface area contributed by atoms with Crippen LogP contribution in [0.1, 0.15) is 52.4 Å². The van der Waals surface area contributed by atoms with Gasteiger partial charge in [0.05, 0.1) is 5.60 Å². The molecular formula is C13H26N2O2. The Morgan fingerprint density at radius 1 is 1.35 bits per heavy atom. The van der Waals surface area contributed by atoms with Gasteiger partial charge in [-0.05, 0) is 18.8 Å². The number of hydrogen-bond donors (Lipinski definition) is 3. The van der Waals surface area contributed by atoms with Gasteiger partial charge in [-0.3, -0.25) is 4.79 Å². The Hall–Kier alpha value is -0.610. The summed E-state index contributed by atoms with van der Waals surface area (Å²) in [5.74, 6) is 0.253. The molecule has 17 heavy (non-hydrogen) atoms. The summed E-state index contributed by atoms with van der Waals surface area (Å²) >= 11 is 0. The zero-order chi connectivity index (χ0) is 12.9. The van der Waals surface area contributed by atoms with Crippen LogP contribution >= 0.6 is 0 Å². The van der Waals surface area contributed by atoms with Crippen molar-refractivity contribution in [3.8, 4) is 0 Å². The fraction of sp³-hybridized carbons (Fsp3) is 0.923. The second-order valence-electron chi connectivity index (χ2n) is 5.67. The van der Waals surface area contributed by atoms with Crippen molar-refractivity contribution in [3.05, 3.63) is 0 Å². The van der Waals surface area contributed by atoms with Crippen LogP contribution in [-0.4, -0.2) is 29.2 Å². The first-order valence-electron chi connectivity index (χ1n) is 6.68. The third-order valence-corrected chi connectivity index (χ3v) is 3.68. The molecule has 1 amide bonds. The third kappa shape index (κ3) is 5.04. The highest BCUT2D eigenvalue weighted by atomic mass is 16.3. The van der Waals surface area contributed by atoms with E-state index in [1.165, 1.54) is 6.42 Å². The Morgan fingerprint density at radius 3 is 2.47 bits per heavy atom. The van der Waals surface area contributed by atoms with E-state index < -0.39 is 5.60 Å². The molecule has 0 aromatic rings. The minimum absolute atomic E-state index is 0.0507. The van der Waals surface area contributed by atoms with Gasteiger partial charge in [-0.15, -0.1) is 0 Å². The third-order valence-electron chi connectivity index (χ3n) is 3.68. The molecule has 0 radical (unpaired) electrons. The van der Waals surface area contributed by atoms with E-state index in [9.17, 15) is 9.90 Å². The number of aliphatic hydroxyl groups is 1. The van der Waals surface area contributed by atoms with Crippen molar-refractivity contribution in [2.45, 2.75) is 64.0 Å². The number of rotatable bonds is 5. The van der Waals surface area contributed by atoms with Crippen LogP contribution in [0.5, 0.6) is 0 Å². The highest BCUT2D eigenvalue weighted by Crippen LogP contribution is 2.27. The molecule has 4 heteroatoms. The van der Waals surface area contributed by atoms with Gasteiger partial charge in [0.15, 0.2) is 0 Å². The second-order valence-corrected chi connectivity index (χ2v) is 5.67. The summed E-state index contributed by atoms with van der Waals surface area (Å²) in [6, 6.07) is -0.101. The van der Waals surface area contributed by atoms with Crippen molar-refractivity contribution in [3.63, 3.8) is 0 Å². The number of hydrogen-bond acceptors (Lipinski definition) is 3. The summed E-state index contributed by atoms with van der Waals surface area (Å²) in [5, 5.41) is 13.0. The highest BCUT2D eigenvalue weighted by molar-refractivity contribution is 5.76. The maximum Gasteiger partial charge on any atom is 0.221 e. The molecular weight excluding hydrogens is 216 g/mol. The van der Waals surface area contributed by atoms with Crippen LogP contribution in [0.2, 0.25) is 0 Å². The van der Waals surface area contributed by atoms with Crippen molar-refractivity contribution in [1.82, 2.24) is 5.32 Å². The summed E-state index contributed by atoms with van der Waals surface area (Å²) in [4.78, 5) is 11.6. The standard InChI is InChI=1S/C13H26N2O2/c1-10(2)11(14)8-12(16)15-9-13(17)6-4-3-5-7-13/h10-11,17H,3-9,14H2,1-2H3,(H,15,16). The Labute approximate surface area is 104 Å². The molecule has 1 atom stereocenters. The number of carbonyl (C=O) groups is 1. The normalized spacial score (nSPS) is 21.2. The second kappa shape index (κ2) is 6.36. The number of carbonyl (C=O) groups excluding carboxylic acids is 1. The van der Waals surface area contributed by atoms with E-state index in [1.54, 1.807) is 0 Å². The predicted octanol–water partition coefficient (Wildman–Crippen LogP) is 1.17. The van der Waals surface area contributed by atoms with Gasteiger partial charge >= 0.3 is 0 Å². The summed E-state index contributed by atoms with van der Waals surface area (Å²) in [5.41, 5.74) is 5.15. The molecule has 0 saturated heterocycles. The fourth-order valence-electron chi connectivity index (χ4n) is 2.17. The van der Waals surface area contributed by atoms with Gasteiger partial charge in [0.25, 0.3) is 0 Å². The van der Waals surface area contributed by atoms with Gasteiger partial charge in [0, 0.05) is 19.0 Å². The van der Waals surface area contributed by atoms with Gasteiger partial charge in [-0.25, -0.2) is 0 Å². The molecule has 1 unspecified atom stereocenters. The van der Waals surface area contributed by atoms with Crippen molar-refractivity contribution in [2.24, 2.45) is 11.7 Å². The van der Waals surface area contributed by atoms with Crippen LogP contribution in [0.15, 0.2) is 0 Å². The Morgan fingerprint density at radius 2 is 1.94 bits per heavy atom. The van der Waals surface area contributed by atoms with E-state index in [-0.39, 0.29) is 11.9 Å². The zero-order valence-corrected chi connectivity index (χ0v) is 11.0. The lowest BCUT2D eigenvalue weighted by atomic mass is 9.85. The summed E-state index contributed by atoms with van der Waals surface area (Å²) in [7, 11) is 0. The molecule has 0 heterocycles. The van der Waals surface area contributed by atoms with E-state index in [0.717, 1.165) is 25.7 Å². The van der Waals surface area contributed by atoms with Crippen molar-refractivity contribution < 1.29 is 9.90 Å². The smallest absolute Gasteiger partial charge is 0.221 e. The zero-order valence-electron chi connectivity index (χ0n) is 11.0. The van der Waals surface area contributed by atoms with Crippen LogP contribution in [0.4, 0.5) is 0 Å². The van der Waals surface area contributed by atoms with Gasteiger partial charge in [-0.2, -0.15) is 0 Å². The first-order valence-corrected chi connectivity index (χ1v) is 6.68. The largest absolute Gasteiger partial charge is 0.388 e. The Bertz CT molecular complexity index is 248. The Kier molecular flexibility index (Phi) is 5.40. The molecule has 4 nitrogen and oxygen atoms in total. The van der Waals surface area contributed by atoms with E-state index in [0.29, 0.717) is 18.9 Å². The Balaban J connectivity index is 2.27. The topological polar surface area (TPSA) is 75.4 Å². The van der Waals surface area contributed by atoms with Crippen LogP contribution in [-0.2, 0) is 4.79 Å². The molecule has 0 bridgehead atoms. The molecule has 0 spiro atoms. The molecule has 1 aliphatic rings. The number of amides is 1. The molecule has 0 aliphatic heterocycles. The van der Waals surface area contributed by atoms with Crippen LogP contribution in [0, 0.1) is 5.92 Å². The minimum atomic E-state index is -0.685. The van der Waals surface area contributed by atoms with Crippen LogP contribution < -0.4 is 11.1 Å². The quantitative estimate of drug-likeness (QED) is 0.677. The first-order chi connectivity index (χ1) is 7.93. The van der Waals surface area contributed by atoms with Gasteiger partial charge in [-0.1, -0.05) is 33.1 Å². The minimum Gasteiger partial charge on any atom is -0.388 e. The summed E-state index contributed by atoms with van der Waals surface area (Å²) in [6.07, 6.45) is 5.23. The maximum atomic E-state index is 11.6. The molecule has 1 aliphatic carbocycles. The maximum absolute atomic E-state index is 11.6. The molecule has 1 saturated carbocycles. The predicted molar refractivity (Wildman–Crippen MR) is 68.5 cm³/mol. The summed E-state index contributed by atoms with van der Waals surface area (Å²) in [6.45, 7) is 4.38. The first kappa shape index (κ1) is 14.5. The van der Waals surface area contributed by atoms with Crippen molar-refractivity contribution in [1.29, 1.82) is 0 Å². The average Bonchev–Trinajstić information content (AvgIpc) is 2.27. The van der Waals surface area contributed by atoms with Crippen LogP contribution in [0.3, 0.4) is 0 Å². The van der Waals surface area contributed by atoms with E-state index in [2.05, 4.69) is 5.32 Å². The average molecular weight is 242 g/mol. The molecule has 0 aromatic heterocycles. The molecule has 100 valence electrons. The van der Waals surface area contributed by atoms with E-state index >= 15 is 0 Å². The number of nitrogens with two attached hydrogens (primary N) is 1. The van der Waals surface area contributed by atoms with Gasteiger partial charge < -0.3 is 16.2 Å². The monoisotopic (exact) mass is 242 g/mol. The lowest BCUT2D eigenvalue weighted by Gasteiger charge is -2.32. The van der Waals surface area contributed by atoms with Gasteiger partial charge in [0.1, 0.15) is 0 Å². The highest BCUT2D eigenvalue weighted by Gasteiger charge is 2.29. The lowest BCUT2D eigenvalue weighted by molar-refractivity contribution is -0.123. The van der Waals surface area contributed by atoms with Crippen molar-refractivity contribution in [2.75, 3.05) is 6.54 Å². The lowest BCUT2D eigenvalue weighted by Crippen LogP contribution is -2.45. The van der Waals surface area contributed by atoms with Crippen LogP contribution in [0.25, 0.3) is 0 Å². The molecule has 4 N–H and O–H groups in total. The molecule has 1 rings (SSSR count). The molecule has 1 fully saturated rings. The van der Waals surface area contributed by atoms with Gasteiger partial charge in [0.2, 0.25) is 5.91 Å². The number of nitrogens with one attached hydrogen (secondary N) is 1.